The van der Waals surface area contributed by atoms with Gasteiger partial charge in [-0.05, 0) is 87.0 Å². The second-order valence-electron chi connectivity index (χ2n) is 17.0. The zero-order valence-corrected chi connectivity index (χ0v) is 33.1. The Morgan fingerprint density at radius 1 is 0.964 bits per heavy atom. The van der Waals surface area contributed by atoms with Crippen molar-refractivity contribution in [1.82, 2.24) is 15.0 Å². The van der Waals surface area contributed by atoms with Crippen LogP contribution in [-0.2, 0) is 26.9 Å². The highest BCUT2D eigenvalue weighted by molar-refractivity contribution is 7.86. The van der Waals surface area contributed by atoms with E-state index in [1.807, 2.05) is 18.7 Å². The van der Waals surface area contributed by atoms with E-state index in [1.165, 1.54) is 0 Å². The van der Waals surface area contributed by atoms with Crippen molar-refractivity contribution in [2.24, 2.45) is 5.41 Å². The molecule has 2 atom stereocenters. The van der Waals surface area contributed by atoms with Crippen molar-refractivity contribution in [3.8, 4) is 5.75 Å². The molecule has 56 heavy (non-hydrogen) atoms. The van der Waals surface area contributed by atoms with Crippen molar-refractivity contribution >= 4 is 16.1 Å². The molecule has 3 heterocycles. The minimum absolute atomic E-state index is 0.00212. The average molecular weight is 813 g/mol. The molecule has 0 spiro atoms. The normalized spacial score (nSPS) is 21.4. The lowest BCUT2D eigenvalue weighted by molar-refractivity contribution is -0.137. The topological polar surface area (TPSA) is 115 Å². The Morgan fingerprint density at radius 2 is 1.57 bits per heavy atom. The number of nitrogens with zero attached hydrogens (tertiary/aromatic N) is 4. The van der Waals surface area contributed by atoms with Gasteiger partial charge in [0.15, 0.2) is 11.9 Å². The average Bonchev–Trinajstić information content (AvgIpc) is 3.09. The van der Waals surface area contributed by atoms with Gasteiger partial charge in [0.05, 0.1) is 42.1 Å². The fourth-order valence-corrected chi connectivity index (χ4v) is 8.88. The number of rotatable bonds is 11. The Morgan fingerprint density at radius 3 is 2.12 bits per heavy atom. The number of hydrogen-bond donors (Lipinski definition) is 1. The van der Waals surface area contributed by atoms with E-state index in [-0.39, 0.29) is 42.9 Å². The lowest BCUT2D eigenvalue weighted by Gasteiger charge is -2.42. The van der Waals surface area contributed by atoms with Gasteiger partial charge in [0.2, 0.25) is 11.9 Å². The van der Waals surface area contributed by atoms with Gasteiger partial charge in [-0.15, -0.1) is 0 Å². The molecular weight excluding hydrogens is 763 g/mol. The molecule has 16 heteroatoms. The summed E-state index contributed by atoms with van der Waals surface area (Å²) in [6, 6.07) is 3.80. The van der Waals surface area contributed by atoms with Gasteiger partial charge in [0.1, 0.15) is 6.10 Å². The van der Waals surface area contributed by atoms with E-state index in [1.54, 1.807) is 26.2 Å². The number of ether oxygens (including phenoxy) is 1. The maximum absolute atomic E-state index is 17.5. The number of anilines is 1. The number of aromatic nitrogens is 3. The maximum Gasteiger partial charge on any atom is 0.416 e. The fourth-order valence-electron chi connectivity index (χ4n) is 8.29. The van der Waals surface area contributed by atoms with Crippen LogP contribution in [0.2, 0.25) is 0 Å². The predicted molar refractivity (Wildman–Crippen MR) is 198 cm³/mol. The summed E-state index contributed by atoms with van der Waals surface area (Å²) in [5.74, 6) is -2.96. The van der Waals surface area contributed by atoms with E-state index in [4.69, 9.17) is 13.9 Å². The van der Waals surface area contributed by atoms with Crippen molar-refractivity contribution in [1.29, 1.82) is 0 Å². The summed E-state index contributed by atoms with van der Waals surface area (Å²) in [6.45, 7) is 8.46. The molecule has 308 valence electrons. The first-order chi connectivity index (χ1) is 26.0. The third-order valence-corrected chi connectivity index (χ3v) is 11.7. The molecular formula is C40H50F6N4O5S. The molecule has 3 aliphatic rings. The molecule has 2 aromatic heterocycles. The molecule has 1 saturated heterocycles. The second kappa shape index (κ2) is 15.7. The molecule has 2 aliphatic carbocycles. The number of piperidine rings is 1. The van der Waals surface area contributed by atoms with Crippen LogP contribution in [0.3, 0.4) is 0 Å². The molecule has 1 aliphatic heterocycles. The predicted octanol–water partition coefficient (Wildman–Crippen LogP) is 9.16. The van der Waals surface area contributed by atoms with Gasteiger partial charge in [-0.2, -0.15) is 21.6 Å². The van der Waals surface area contributed by atoms with Crippen LogP contribution in [0.15, 0.2) is 36.7 Å². The van der Waals surface area contributed by atoms with Gasteiger partial charge in [0.25, 0.3) is 10.1 Å². The first-order valence-electron chi connectivity index (χ1n) is 19.0. The lowest BCUT2D eigenvalue weighted by atomic mass is 9.68. The Kier molecular flexibility index (Phi) is 11.8. The molecule has 0 bridgehead atoms. The monoisotopic (exact) mass is 812 g/mol. The van der Waals surface area contributed by atoms with Crippen LogP contribution in [0.1, 0.15) is 142 Å². The standard InChI is InChI=1S/C40H50F6N4O5S/c1-37(2)20-29-32(30(21-37)55-56(5,52)53)31(24-10-14-39(42,43)15-11-24)33(34(41)25-6-8-27(9-7-25)40(44,45)46)35(49-29)26-12-17-50(18-13-26)36-47-22-28(23-48-36)54-19-16-38(3,4)51/h6-9,22-24,26,30,34,51H,10-21H2,1-5H3/t30-,34-/m0/s1. The quantitative estimate of drug-likeness (QED) is 0.150. The first kappa shape index (κ1) is 42.1. The summed E-state index contributed by atoms with van der Waals surface area (Å²) in [7, 11) is -4.05. The molecule has 1 aromatic carbocycles. The van der Waals surface area contributed by atoms with E-state index < -0.39 is 69.8 Å². The Bertz CT molecular complexity index is 1950. The highest BCUT2D eigenvalue weighted by atomic mass is 32.2. The molecule has 1 N–H and O–H groups in total. The molecule has 0 radical (unpaired) electrons. The largest absolute Gasteiger partial charge is 0.490 e. The number of fused-ring (bicyclic) bond motifs is 1. The summed E-state index contributed by atoms with van der Waals surface area (Å²) in [5.41, 5.74) is -0.583. The third-order valence-electron chi connectivity index (χ3n) is 11.1. The lowest BCUT2D eigenvalue weighted by Crippen LogP contribution is -2.36. The Balaban J connectivity index is 1.42. The van der Waals surface area contributed by atoms with Gasteiger partial charge in [-0.1, -0.05) is 26.0 Å². The molecule has 1 saturated carbocycles. The highest BCUT2D eigenvalue weighted by Crippen LogP contribution is 2.53. The maximum atomic E-state index is 17.5. The van der Waals surface area contributed by atoms with Gasteiger partial charge in [0, 0.05) is 55.1 Å². The van der Waals surface area contributed by atoms with Crippen molar-refractivity contribution in [2.75, 3.05) is 30.9 Å². The minimum Gasteiger partial charge on any atom is -0.490 e. The summed E-state index contributed by atoms with van der Waals surface area (Å²) in [4.78, 5) is 16.0. The van der Waals surface area contributed by atoms with Crippen molar-refractivity contribution in [2.45, 2.75) is 127 Å². The summed E-state index contributed by atoms with van der Waals surface area (Å²) < 4.78 is 124. The number of benzene rings is 1. The first-order valence-corrected chi connectivity index (χ1v) is 20.9. The van der Waals surface area contributed by atoms with E-state index in [2.05, 4.69) is 9.97 Å². The molecule has 0 unspecified atom stereocenters. The number of hydrogen-bond acceptors (Lipinski definition) is 9. The second-order valence-corrected chi connectivity index (χ2v) is 18.6. The van der Waals surface area contributed by atoms with Crippen molar-refractivity contribution < 1.29 is 48.8 Å². The number of aliphatic hydroxyl groups is 1. The number of halogens is 6. The fraction of sp³-hybridized carbons (Fsp3) is 0.625. The Hall–Kier alpha value is -3.50. The van der Waals surface area contributed by atoms with Gasteiger partial charge >= 0.3 is 6.18 Å². The van der Waals surface area contributed by atoms with E-state index in [9.17, 15) is 35.5 Å². The summed E-state index contributed by atoms with van der Waals surface area (Å²) in [6.07, 6.45) is -2.60. The van der Waals surface area contributed by atoms with Crippen molar-refractivity contribution in [3.63, 3.8) is 0 Å². The number of alkyl halides is 6. The SMILES string of the molecule is CC(C)(O)CCOc1cnc(N2CCC(c3nc4c(c(C5CCC(F)(F)CC5)c3[C@@H](F)c3ccc(C(F)(F)F)cc3)[C@@H](OS(C)(=O)=O)CC(C)(C)C4)CC2)nc1. The minimum atomic E-state index is -4.65. The van der Waals surface area contributed by atoms with Crippen LogP contribution in [0.4, 0.5) is 32.3 Å². The molecule has 9 nitrogen and oxygen atoms in total. The number of pyridine rings is 1. The zero-order valence-electron chi connectivity index (χ0n) is 32.3. The van der Waals surface area contributed by atoms with Gasteiger partial charge in [-0.25, -0.2) is 23.1 Å². The van der Waals surface area contributed by atoms with Gasteiger partial charge < -0.3 is 14.7 Å². The third kappa shape index (κ3) is 10.1. The molecule has 2 fully saturated rings. The molecule has 3 aromatic rings. The summed E-state index contributed by atoms with van der Waals surface area (Å²) in [5, 5.41) is 9.95. The van der Waals surface area contributed by atoms with Crippen LogP contribution in [-0.4, -0.2) is 66.0 Å². The van der Waals surface area contributed by atoms with Crippen molar-refractivity contribution in [3.05, 3.63) is 75.9 Å². The van der Waals surface area contributed by atoms with Crippen LogP contribution >= 0.6 is 0 Å². The zero-order chi connectivity index (χ0) is 40.8. The van der Waals surface area contributed by atoms with E-state index >= 15 is 4.39 Å². The molecule has 0 amide bonds. The molecule has 6 rings (SSSR count). The smallest absolute Gasteiger partial charge is 0.416 e. The van der Waals surface area contributed by atoms with Crippen LogP contribution < -0.4 is 9.64 Å². The van der Waals surface area contributed by atoms with E-state index in [0.29, 0.717) is 73.0 Å². The van der Waals surface area contributed by atoms with Gasteiger partial charge in [-0.3, -0.25) is 9.17 Å². The summed E-state index contributed by atoms with van der Waals surface area (Å²) >= 11 is 0. The van der Waals surface area contributed by atoms with Crippen LogP contribution in [0.5, 0.6) is 5.75 Å². The van der Waals surface area contributed by atoms with Crippen LogP contribution in [0.25, 0.3) is 0 Å². The Labute approximate surface area is 324 Å². The highest BCUT2D eigenvalue weighted by Gasteiger charge is 2.45. The van der Waals surface area contributed by atoms with Crippen LogP contribution in [0, 0.1) is 5.41 Å². The van der Waals surface area contributed by atoms with E-state index in [0.717, 1.165) is 30.5 Å².